The lowest BCUT2D eigenvalue weighted by Crippen LogP contribution is -2.44. The molecule has 0 bridgehead atoms. The minimum absolute atomic E-state index is 0.139. The Morgan fingerprint density at radius 1 is 1.03 bits per heavy atom. The van der Waals surface area contributed by atoms with Crippen LogP contribution >= 0.6 is 27.5 Å². The van der Waals surface area contributed by atoms with Crippen molar-refractivity contribution >= 4 is 39.2 Å². The van der Waals surface area contributed by atoms with Crippen LogP contribution in [0.3, 0.4) is 0 Å². The normalized spacial score (nSPS) is 13.9. The lowest BCUT2D eigenvalue weighted by atomic mass is 10.2. The third-order valence-corrected chi connectivity index (χ3v) is 6.27. The van der Waals surface area contributed by atoms with Gasteiger partial charge in [0.1, 0.15) is 11.5 Å². The van der Waals surface area contributed by atoms with E-state index in [1.807, 2.05) is 65.6 Å². The van der Waals surface area contributed by atoms with Crippen LogP contribution in [0.5, 0.6) is 11.5 Å². The predicted octanol–water partition coefficient (Wildman–Crippen LogP) is 6.26. The van der Waals surface area contributed by atoms with Crippen LogP contribution < -0.4 is 10.1 Å². The SMILES string of the molecule is O=C(Nc1ccc(Br)cc1)N(CCN1CCOCC1)Cc1cccc(Oc2ccc(Cl)cc2)c1. The lowest BCUT2D eigenvalue weighted by molar-refractivity contribution is 0.0349. The maximum absolute atomic E-state index is 13.2. The van der Waals surface area contributed by atoms with Gasteiger partial charge in [-0.1, -0.05) is 39.7 Å². The molecule has 0 saturated carbocycles. The number of rotatable bonds is 8. The molecule has 0 aliphatic carbocycles. The molecule has 178 valence electrons. The summed E-state index contributed by atoms with van der Waals surface area (Å²) >= 11 is 9.40. The van der Waals surface area contributed by atoms with E-state index >= 15 is 0 Å². The first-order valence-corrected chi connectivity index (χ1v) is 12.4. The zero-order chi connectivity index (χ0) is 23.8. The summed E-state index contributed by atoms with van der Waals surface area (Å²) < 4.78 is 12.4. The summed E-state index contributed by atoms with van der Waals surface area (Å²) in [7, 11) is 0. The van der Waals surface area contributed by atoms with E-state index in [2.05, 4.69) is 26.1 Å². The van der Waals surface area contributed by atoms with E-state index in [1.165, 1.54) is 0 Å². The minimum Gasteiger partial charge on any atom is -0.457 e. The summed E-state index contributed by atoms with van der Waals surface area (Å²) in [6.07, 6.45) is 0. The van der Waals surface area contributed by atoms with Gasteiger partial charge in [0.05, 0.1) is 13.2 Å². The largest absolute Gasteiger partial charge is 0.457 e. The molecular weight excluding hydrogens is 518 g/mol. The summed E-state index contributed by atoms with van der Waals surface area (Å²) in [5, 5.41) is 3.68. The quantitative estimate of drug-likeness (QED) is 0.364. The Balaban J connectivity index is 1.45. The summed E-state index contributed by atoms with van der Waals surface area (Å²) in [6, 6.07) is 22.5. The number of carbonyl (C=O) groups excluding carboxylic acids is 1. The van der Waals surface area contributed by atoms with Crippen LogP contribution in [0.1, 0.15) is 5.56 Å². The van der Waals surface area contributed by atoms with Gasteiger partial charge in [0.2, 0.25) is 0 Å². The van der Waals surface area contributed by atoms with E-state index in [1.54, 1.807) is 12.1 Å². The van der Waals surface area contributed by atoms with Crippen LogP contribution in [0.2, 0.25) is 5.02 Å². The van der Waals surface area contributed by atoms with E-state index in [9.17, 15) is 4.79 Å². The molecule has 1 aliphatic heterocycles. The molecule has 1 fully saturated rings. The van der Waals surface area contributed by atoms with Gasteiger partial charge in [0, 0.05) is 47.9 Å². The van der Waals surface area contributed by atoms with Gasteiger partial charge in [-0.05, 0) is 66.2 Å². The van der Waals surface area contributed by atoms with Gasteiger partial charge in [-0.15, -0.1) is 0 Å². The maximum Gasteiger partial charge on any atom is 0.322 e. The Hall–Kier alpha value is -2.58. The highest BCUT2D eigenvalue weighted by molar-refractivity contribution is 9.10. The second-order valence-electron chi connectivity index (χ2n) is 8.02. The van der Waals surface area contributed by atoms with Crippen molar-refractivity contribution in [2.45, 2.75) is 6.54 Å². The van der Waals surface area contributed by atoms with Gasteiger partial charge in [-0.3, -0.25) is 4.90 Å². The zero-order valence-electron chi connectivity index (χ0n) is 18.8. The van der Waals surface area contributed by atoms with Crippen LogP contribution in [0, 0.1) is 0 Å². The number of morpholine rings is 1. The van der Waals surface area contributed by atoms with E-state index in [0.29, 0.717) is 29.6 Å². The van der Waals surface area contributed by atoms with Crippen molar-refractivity contribution in [2.24, 2.45) is 0 Å². The number of nitrogens with zero attached hydrogens (tertiary/aromatic N) is 2. The van der Waals surface area contributed by atoms with Crippen LogP contribution in [-0.2, 0) is 11.3 Å². The molecule has 8 heteroatoms. The molecule has 0 spiro atoms. The first-order chi connectivity index (χ1) is 16.5. The number of hydrogen-bond donors (Lipinski definition) is 1. The first kappa shape index (κ1) is 24.5. The maximum atomic E-state index is 13.2. The topological polar surface area (TPSA) is 54.0 Å². The fraction of sp³-hybridized carbons (Fsp3) is 0.269. The first-order valence-electron chi connectivity index (χ1n) is 11.2. The predicted molar refractivity (Wildman–Crippen MR) is 139 cm³/mol. The Morgan fingerprint density at radius 3 is 2.50 bits per heavy atom. The standard InChI is InChI=1S/C26H27BrClN3O3/c27-21-4-8-23(9-5-21)29-26(32)31(13-12-30-14-16-33-17-15-30)19-20-2-1-3-25(18-20)34-24-10-6-22(28)7-11-24/h1-11,18H,12-17,19H2,(H,29,32). The molecule has 1 heterocycles. The summed E-state index contributed by atoms with van der Waals surface area (Å²) in [6.45, 7) is 5.08. The molecule has 4 rings (SSSR count). The second kappa shape index (κ2) is 12.2. The molecule has 6 nitrogen and oxygen atoms in total. The monoisotopic (exact) mass is 543 g/mol. The summed E-state index contributed by atoms with van der Waals surface area (Å²) in [5.74, 6) is 1.42. The van der Waals surface area contributed by atoms with E-state index < -0.39 is 0 Å². The van der Waals surface area contributed by atoms with Crippen LogP contribution in [0.15, 0.2) is 77.3 Å². The van der Waals surface area contributed by atoms with E-state index in [4.69, 9.17) is 21.1 Å². The van der Waals surface area contributed by atoms with E-state index in [0.717, 1.165) is 48.6 Å². The number of ether oxygens (including phenoxy) is 2. The molecule has 1 saturated heterocycles. The highest BCUT2D eigenvalue weighted by Crippen LogP contribution is 2.24. The summed E-state index contributed by atoms with van der Waals surface area (Å²) in [4.78, 5) is 17.4. The molecule has 2 amide bonds. The molecule has 34 heavy (non-hydrogen) atoms. The number of carbonyl (C=O) groups is 1. The smallest absolute Gasteiger partial charge is 0.322 e. The molecule has 1 aliphatic rings. The van der Waals surface area contributed by atoms with Crippen molar-refractivity contribution in [3.63, 3.8) is 0 Å². The Labute approximate surface area is 213 Å². The van der Waals surface area contributed by atoms with Crippen LogP contribution in [-0.4, -0.2) is 55.2 Å². The minimum atomic E-state index is -0.139. The number of urea groups is 1. The fourth-order valence-corrected chi connectivity index (χ4v) is 4.03. The molecule has 3 aromatic carbocycles. The molecule has 0 atom stereocenters. The number of hydrogen-bond acceptors (Lipinski definition) is 4. The Morgan fingerprint density at radius 2 is 1.76 bits per heavy atom. The molecule has 3 aromatic rings. The molecular formula is C26H27BrClN3O3. The van der Waals surface area contributed by atoms with Crippen molar-refractivity contribution in [1.29, 1.82) is 0 Å². The van der Waals surface area contributed by atoms with Gasteiger partial charge in [-0.25, -0.2) is 4.79 Å². The summed E-state index contributed by atoms with van der Waals surface area (Å²) in [5.41, 5.74) is 1.74. The highest BCUT2D eigenvalue weighted by Gasteiger charge is 2.18. The van der Waals surface area contributed by atoms with Crippen molar-refractivity contribution in [2.75, 3.05) is 44.7 Å². The zero-order valence-corrected chi connectivity index (χ0v) is 21.1. The van der Waals surface area contributed by atoms with E-state index in [-0.39, 0.29) is 6.03 Å². The third-order valence-electron chi connectivity index (χ3n) is 5.49. The van der Waals surface area contributed by atoms with Gasteiger partial charge >= 0.3 is 6.03 Å². The molecule has 0 unspecified atom stereocenters. The van der Waals surface area contributed by atoms with Gasteiger partial charge in [0.25, 0.3) is 0 Å². The Kier molecular flexibility index (Phi) is 8.82. The van der Waals surface area contributed by atoms with Crippen molar-refractivity contribution in [3.8, 4) is 11.5 Å². The van der Waals surface area contributed by atoms with Crippen molar-refractivity contribution in [3.05, 3.63) is 87.9 Å². The molecule has 0 aromatic heterocycles. The van der Waals surface area contributed by atoms with Crippen LogP contribution in [0.4, 0.5) is 10.5 Å². The highest BCUT2D eigenvalue weighted by atomic mass is 79.9. The lowest BCUT2D eigenvalue weighted by Gasteiger charge is -2.30. The van der Waals surface area contributed by atoms with Crippen molar-refractivity contribution < 1.29 is 14.3 Å². The van der Waals surface area contributed by atoms with Gasteiger partial charge < -0.3 is 19.7 Å². The molecule has 1 N–H and O–H groups in total. The number of amides is 2. The van der Waals surface area contributed by atoms with Crippen molar-refractivity contribution in [1.82, 2.24) is 9.80 Å². The number of benzene rings is 3. The fourth-order valence-electron chi connectivity index (χ4n) is 3.64. The van der Waals surface area contributed by atoms with Crippen LogP contribution in [0.25, 0.3) is 0 Å². The molecule has 0 radical (unpaired) electrons. The number of anilines is 1. The average Bonchev–Trinajstić information content (AvgIpc) is 2.85. The van der Waals surface area contributed by atoms with Gasteiger partial charge in [-0.2, -0.15) is 0 Å². The average molecular weight is 545 g/mol. The van der Waals surface area contributed by atoms with Gasteiger partial charge in [0.15, 0.2) is 0 Å². The number of nitrogens with one attached hydrogen (secondary N) is 1. The second-order valence-corrected chi connectivity index (χ2v) is 9.37. The Bertz CT molecular complexity index is 1070. The number of halogens is 2. The third kappa shape index (κ3) is 7.46.